The van der Waals surface area contributed by atoms with Crippen LogP contribution in [-0.2, 0) is 4.74 Å². The van der Waals surface area contributed by atoms with E-state index < -0.39 is 0 Å². The topological polar surface area (TPSA) is 75.8 Å². The van der Waals surface area contributed by atoms with E-state index in [0.29, 0.717) is 29.4 Å². The highest BCUT2D eigenvalue weighted by atomic mass is 35.5. The van der Waals surface area contributed by atoms with Gasteiger partial charge in [0, 0.05) is 18.7 Å². The third-order valence-electron chi connectivity index (χ3n) is 3.06. The molecule has 1 aromatic carbocycles. The van der Waals surface area contributed by atoms with E-state index in [2.05, 4.69) is 0 Å². The van der Waals surface area contributed by atoms with E-state index >= 15 is 0 Å². The molecule has 2 atom stereocenters. The van der Waals surface area contributed by atoms with Crippen LogP contribution in [0.5, 0.6) is 0 Å². The van der Waals surface area contributed by atoms with E-state index in [1.165, 1.54) is 0 Å². The average Bonchev–Trinajstić information content (AvgIpc) is 2.40. The Kier molecular flexibility index (Phi) is 4.29. The summed E-state index contributed by atoms with van der Waals surface area (Å²) in [5, 5.41) is 9.59. The van der Waals surface area contributed by atoms with Crippen molar-refractivity contribution in [2.24, 2.45) is 0 Å². The van der Waals surface area contributed by atoms with Crippen molar-refractivity contribution in [1.82, 2.24) is 4.90 Å². The number of amides is 1. The smallest absolute Gasteiger partial charge is 0.254 e. The number of carbonyl (C=O) groups excluding carboxylic acids is 1. The third-order valence-corrected chi connectivity index (χ3v) is 3.40. The van der Waals surface area contributed by atoms with Gasteiger partial charge < -0.3 is 20.5 Å². The molecule has 1 amide bonds. The third kappa shape index (κ3) is 3.18. The van der Waals surface area contributed by atoms with Crippen molar-refractivity contribution in [3.05, 3.63) is 28.8 Å². The average molecular weight is 285 g/mol. The fraction of sp³-hybridized carbons (Fsp3) is 0.462. The fourth-order valence-electron chi connectivity index (χ4n) is 2.17. The summed E-state index contributed by atoms with van der Waals surface area (Å²) in [6.07, 6.45) is -0.433. The molecule has 1 aromatic rings. The number of benzene rings is 1. The Morgan fingerprint density at radius 1 is 1.58 bits per heavy atom. The molecular weight excluding hydrogens is 268 g/mol. The summed E-state index contributed by atoms with van der Waals surface area (Å²) in [6.45, 7) is 2.65. The number of nitrogens with two attached hydrogens (primary N) is 1. The van der Waals surface area contributed by atoms with Gasteiger partial charge in [0.15, 0.2) is 0 Å². The number of nitrogen functional groups attached to an aromatic ring is 1. The Bertz CT molecular complexity index is 481. The van der Waals surface area contributed by atoms with E-state index in [-0.39, 0.29) is 24.7 Å². The van der Waals surface area contributed by atoms with Gasteiger partial charge >= 0.3 is 0 Å². The van der Waals surface area contributed by atoms with Crippen LogP contribution in [0.3, 0.4) is 0 Å². The Hall–Kier alpha value is -1.30. The summed E-state index contributed by atoms with van der Waals surface area (Å²) in [4.78, 5) is 14.0. The number of rotatable bonds is 2. The second-order valence-corrected chi connectivity index (χ2v) is 5.10. The van der Waals surface area contributed by atoms with Gasteiger partial charge in [-0.25, -0.2) is 0 Å². The lowest BCUT2D eigenvalue weighted by Crippen LogP contribution is -2.50. The van der Waals surface area contributed by atoms with Gasteiger partial charge in [-0.1, -0.05) is 11.6 Å². The predicted molar refractivity (Wildman–Crippen MR) is 73.2 cm³/mol. The molecule has 6 heteroatoms. The monoisotopic (exact) mass is 284 g/mol. The molecule has 1 heterocycles. The molecule has 5 nitrogen and oxygen atoms in total. The molecule has 0 bridgehead atoms. The zero-order valence-corrected chi connectivity index (χ0v) is 11.4. The molecule has 0 radical (unpaired) electrons. The fourth-order valence-corrected chi connectivity index (χ4v) is 2.29. The lowest BCUT2D eigenvalue weighted by molar-refractivity contribution is -0.0858. The van der Waals surface area contributed by atoms with Gasteiger partial charge in [-0.15, -0.1) is 0 Å². The molecule has 3 N–H and O–H groups in total. The molecule has 2 unspecified atom stereocenters. The Balaban J connectivity index is 2.16. The molecule has 2 rings (SSSR count). The molecule has 1 aliphatic rings. The second-order valence-electron chi connectivity index (χ2n) is 4.70. The first kappa shape index (κ1) is 14.1. The van der Waals surface area contributed by atoms with E-state index in [9.17, 15) is 4.79 Å². The molecule has 0 aliphatic carbocycles. The van der Waals surface area contributed by atoms with Crippen molar-refractivity contribution in [1.29, 1.82) is 0 Å². The van der Waals surface area contributed by atoms with Crippen LogP contribution in [0.4, 0.5) is 5.69 Å². The van der Waals surface area contributed by atoms with Gasteiger partial charge in [0.25, 0.3) is 5.91 Å². The van der Waals surface area contributed by atoms with Crippen LogP contribution in [0.15, 0.2) is 18.2 Å². The largest absolute Gasteiger partial charge is 0.398 e. The number of morpholine rings is 1. The SMILES string of the molecule is CC1CN(C(=O)c2ccc(Cl)c(N)c2)CC(CO)O1. The minimum absolute atomic E-state index is 0.0977. The molecule has 104 valence electrons. The molecular formula is C13H17ClN2O3. The number of hydrogen-bond acceptors (Lipinski definition) is 4. The maximum absolute atomic E-state index is 12.4. The van der Waals surface area contributed by atoms with Crippen LogP contribution in [0.25, 0.3) is 0 Å². The summed E-state index contributed by atoms with van der Waals surface area (Å²) >= 11 is 5.84. The first-order chi connectivity index (χ1) is 9.01. The number of anilines is 1. The first-order valence-corrected chi connectivity index (χ1v) is 6.49. The van der Waals surface area contributed by atoms with Gasteiger partial charge in [0.1, 0.15) is 0 Å². The molecule has 0 aromatic heterocycles. The number of aliphatic hydroxyl groups excluding tert-OH is 1. The first-order valence-electron chi connectivity index (χ1n) is 6.12. The normalized spacial score (nSPS) is 23.4. The zero-order chi connectivity index (χ0) is 14.0. The van der Waals surface area contributed by atoms with Gasteiger partial charge in [-0.05, 0) is 25.1 Å². The molecule has 19 heavy (non-hydrogen) atoms. The van der Waals surface area contributed by atoms with Crippen molar-refractivity contribution in [2.45, 2.75) is 19.1 Å². The number of hydrogen-bond donors (Lipinski definition) is 2. The Morgan fingerprint density at radius 3 is 2.95 bits per heavy atom. The van der Waals surface area contributed by atoms with Crippen molar-refractivity contribution in [3.8, 4) is 0 Å². The standard InChI is InChI=1S/C13H17ClN2O3/c1-8-5-16(6-10(7-17)19-8)13(18)9-2-3-11(14)12(15)4-9/h2-4,8,10,17H,5-7,15H2,1H3. The van der Waals surface area contributed by atoms with Crippen LogP contribution >= 0.6 is 11.6 Å². The maximum atomic E-state index is 12.4. The Morgan fingerprint density at radius 2 is 2.32 bits per heavy atom. The molecule has 0 spiro atoms. The van der Waals surface area contributed by atoms with Gasteiger partial charge in [-0.2, -0.15) is 0 Å². The highest BCUT2D eigenvalue weighted by molar-refractivity contribution is 6.33. The minimum Gasteiger partial charge on any atom is -0.398 e. The number of ether oxygens (including phenoxy) is 1. The number of nitrogens with zero attached hydrogens (tertiary/aromatic N) is 1. The summed E-state index contributed by atoms with van der Waals surface area (Å²) < 4.78 is 5.50. The number of aliphatic hydroxyl groups is 1. The van der Waals surface area contributed by atoms with Crippen LogP contribution in [-0.4, -0.2) is 47.8 Å². The minimum atomic E-state index is -0.336. The van der Waals surface area contributed by atoms with E-state index in [4.69, 9.17) is 27.2 Å². The number of halogens is 1. The van der Waals surface area contributed by atoms with Crippen LogP contribution in [0, 0.1) is 0 Å². The Labute approximate surface area is 116 Å². The predicted octanol–water partition coefficient (Wildman–Crippen LogP) is 1.14. The summed E-state index contributed by atoms with van der Waals surface area (Å²) in [5.41, 5.74) is 6.58. The number of carbonyl (C=O) groups is 1. The van der Waals surface area contributed by atoms with Crippen molar-refractivity contribution in [3.63, 3.8) is 0 Å². The van der Waals surface area contributed by atoms with E-state index in [0.717, 1.165) is 0 Å². The quantitative estimate of drug-likeness (QED) is 0.799. The highest BCUT2D eigenvalue weighted by Gasteiger charge is 2.28. The summed E-state index contributed by atoms with van der Waals surface area (Å²) in [7, 11) is 0. The van der Waals surface area contributed by atoms with E-state index in [1.807, 2.05) is 6.92 Å². The van der Waals surface area contributed by atoms with Crippen molar-refractivity contribution in [2.75, 3.05) is 25.4 Å². The lowest BCUT2D eigenvalue weighted by atomic mass is 10.1. The molecule has 1 saturated heterocycles. The van der Waals surface area contributed by atoms with Gasteiger partial charge in [0.2, 0.25) is 0 Å². The van der Waals surface area contributed by atoms with Gasteiger partial charge in [-0.3, -0.25) is 4.79 Å². The highest BCUT2D eigenvalue weighted by Crippen LogP contribution is 2.21. The zero-order valence-electron chi connectivity index (χ0n) is 10.7. The lowest BCUT2D eigenvalue weighted by Gasteiger charge is -2.36. The van der Waals surface area contributed by atoms with Crippen LogP contribution in [0.2, 0.25) is 5.02 Å². The van der Waals surface area contributed by atoms with Crippen molar-refractivity contribution < 1.29 is 14.6 Å². The van der Waals surface area contributed by atoms with E-state index in [1.54, 1.807) is 23.1 Å². The molecule has 0 saturated carbocycles. The van der Waals surface area contributed by atoms with Gasteiger partial charge in [0.05, 0.1) is 29.5 Å². The second kappa shape index (κ2) is 5.77. The molecule has 1 fully saturated rings. The summed E-state index contributed by atoms with van der Waals surface area (Å²) in [5.74, 6) is -0.128. The summed E-state index contributed by atoms with van der Waals surface area (Å²) in [6, 6.07) is 4.82. The van der Waals surface area contributed by atoms with Crippen LogP contribution < -0.4 is 5.73 Å². The molecule has 1 aliphatic heterocycles. The van der Waals surface area contributed by atoms with Crippen LogP contribution in [0.1, 0.15) is 17.3 Å². The van der Waals surface area contributed by atoms with Crippen molar-refractivity contribution >= 4 is 23.2 Å². The maximum Gasteiger partial charge on any atom is 0.254 e.